The molecule has 1 aliphatic heterocycles. The Hall–Kier alpha value is 0.234. The second-order valence-corrected chi connectivity index (χ2v) is 15.4. The van der Waals surface area contributed by atoms with Crippen molar-refractivity contribution < 1.29 is 13.3 Å². The summed E-state index contributed by atoms with van der Waals surface area (Å²) in [6.07, 6.45) is 0. The number of nitrogens with zero attached hydrogens (tertiary/aromatic N) is 2. The minimum absolute atomic E-state index is 0.522. The van der Waals surface area contributed by atoms with Crippen molar-refractivity contribution in [3.05, 3.63) is 0 Å². The number of piperazine rings is 1. The molecule has 5 nitrogen and oxygen atoms in total. The van der Waals surface area contributed by atoms with Gasteiger partial charge in [0, 0.05) is 60.1 Å². The smallest absolute Gasteiger partial charge is 0.377 e. The van der Waals surface area contributed by atoms with Crippen molar-refractivity contribution in [2.75, 3.05) is 54.1 Å². The van der Waals surface area contributed by atoms with Gasteiger partial charge in [0.2, 0.25) is 0 Å². The largest absolute Gasteiger partial charge is 0.500 e. The molecule has 1 saturated heterocycles. The van der Waals surface area contributed by atoms with Crippen LogP contribution in [-0.4, -0.2) is 80.6 Å². The Morgan fingerprint density at radius 1 is 0.833 bits per heavy atom. The Morgan fingerprint density at radius 2 is 1.29 bits per heavy atom. The van der Waals surface area contributed by atoms with Crippen molar-refractivity contribution in [2.24, 2.45) is 5.92 Å². The molecular formula is C17H40N2O3Si2. The highest BCUT2D eigenvalue weighted by Gasteiger charge is 2.40. The van der Waals surface area contributed by atoms with Crippen molar-refractivity contribution in [3.8, 4) is 0 Å². The van der Waals surface area contributed by atoms with Gasteiger partial charge >= 0.3 is 8.80 Å². The molecule has 0 bridgehead atoms. The molecule has 0 aromatic carbocycles. The first kappa shape index (κ1) is 22.3. The maximum atomic E-state index is 5.57. The van der Waals surface area contributed by atoms with E-state index in [-0.39, 0.29) is 0 Å². The normalized spacial score (nSPS) is 19.6. The second kappa shape index (κ2) is 10.4. The first-order valence-corrected chi connectivity index (χ1v) is 14.1. The van der Waals surface area contributed by atoms with Gasteiger partial charge in [-0.3, -0.25) is 0 Å². The summed E-state index contributed by atoms with van der Waals surface area (Å²) in [4.78, 5) is 2.61. The average molecular weight is 377 g/mol. The highest BCUT2D eigenvalue weighted by atomic mass is 28.4. The van der Waals surface area contributed by atoms with E-state index in [1.54, 1.807) is 21.3 Å². The first-order chi connectivity index (χ1) is 11.4. The predicted molar refractivity (Wildman–Crippen MR) is 106 cm³/mol. The van der Waals surface area contributed by atoms with E-state index in [0.717, 1.165) is 12.6 Å². The zero-order valence-corrected chi connectivity index (χ0v) is 19.1. The van der Waals surface area contributed by atoms with Crippen LogP contribution in [0.3, 0.4) is 0 Å². The summed E-state index contributed by atoms with van der Waals surface area (Å²) in [5.74, 6) is 0.522. The molecule has 144 valence electrons. The summed E-state index contributed by atoms with van der Waals surface area (Å²) in [5, 5.41) is 0. The third kappa shape index (κ3) is 5.36. The number of hydrogen-bond acceptors (Lipinski definition) is 5. The lowest BCUT2D eigenvalue weighted by Crippen LogP contribution is -2.60. The Kier molecular flexibility index (Phi) is 9.65. The molecule has 0 radical (unpaired) electrons. The topological polar surface area (TPSA) is 34.2 Å². The maximum absolute atomic E-state index is 5.57. The zero-order valence-electron chi connectivity index (χ0n) is 17.1. The maximum Gasteiger partial charge on any atom is 0.500 e. The molecule has 1 aliphatic rings. The van der Waals surface area contributed by atoms with Crippen LogP contribution in [0, 0.1) is 5.92 Å². The highest BCUT2D eigenvalue weighted by Crippen LogP contribution is 2.27. The van der Waals surface area contributed by atoms with Crippen LogP contribution in [0.25, 0.3) is 0 Å². The van der Waals surface area contributed by atoms with E-state index in [4.69, 9.17) is 13.3 Å². The van der Waals surface area contributed by atoms with Crippen LogP contribution in [-0.2, 0) is 13.3 Å². The fourth-order valence-corrected chi connectivity index (χ4v) is 10.2. The summed E-state index contributed by atoms with van der Waals surface area (Å²) in [5.41, 5.74) is 0. The Labute approximate surface area is 152 Å². The quantitative estimate of drug-likeness (QED) is 0.518. The van der Waals surface area contributed by atoms with E-state index >= 15 is 0 Å². The lowest BCUT2D eigenvalue weighted by atomic mass is 10.2. The standard InChI is InChI=1S/C17H40N2O3Si2/c1-8-23(9-2,10-3)19-13-11-18(12-14-19)15-17(4)16-24(20-5,21-6)22-7/h17H,8-16H2,1-7H3. The van der Waals surface area contributed by atoms with Crippen molar-refractivity contribution in [2.45, 2.75) is 51.9 Å². The average Bonchev–Trinajstić information content (AvgIpc) is 2.63. The van der Waals surface area contributed by atoms with Gasteiger partial charge in [0.1, 0.15) is 8.24 Å². The minimum Gasteiger partial charge on any atom is -0.377 e. The third-order valence-corrected chi connectivity index (χ3v) is 14.9. The Bertz CT molecular complexity index is 328. The summed E-state index contributed by atoms with van der Waals surface area (Å²) in [7, 11) is 1.47. The molecule has 1 fully saturated rings. The monoisotopic (exact) mass is 376 g/mol. The fraction of sp³-hybridized carbons (Fsp3) is 1.00. The van der Waals surface area contributed by atoms with Crippen LogP contribution >= 0.6 is 0 Å². The molecule has 0 spiro atoms. The summed E-state index contributed by atoms with van der Waals surface area (Å²) < 4.78 is 19.6. The van der Waals surface area contributed by atoms with Crippen molar-refractivity contribution in [1.82, 2.24) is 9.47 Å². The van der Waals surface area contributed by atoms with Gasteiger partial charge < -0.3 is 22.7 Å². The Morgan fingerprint density at radius 3 is 1.67 bits per heavy atom. The number of rotatable bonds is 11. The van der Waals surface area contributed by atoms with E-state index in [9.17, 15) is 0 Å². The van der Waals surface area contributed by atoms with Gasteiger partial charge in [-0.25, -0.2) is 0 Å². The summed E-state index contributed by atoms with van der Waals surface area (Å²) >= 11 is 0. The molecule has 1 atom stereocenters. The molecule has 0 N–H and O–H groups in total. The van der Waals surface area contributed by atoms with Crippen LogP contribution in [0.15, 0.2) is 0 Å². The van der Waals surface area contributed by atoms with E-state index in [1.807, 2.05) is 0 Å². The van der Waals surface area contributed by atoms with Crippen molar-refractivity contribution in [1.29, 1.82) is 0 Å². The molecule has 1 heterocycles. The molecule has 1 rings (SSSR count). The van der Waals surface area contributed by atoms with Crippen LogP contribution in [0.4, 0.5) is 0 Å². The third-order valence-electron chi connectivity index (χ3n) is 6.12. The van der Waals surface area contributed by atoms with E-state index < -0.39 is 17.0 Å². The molecule has 1 unspecified atom stereocenters. The molecular weight excluding hydrogens is 336 g/mol. The molecule has 0 amide bonds. The van der Waals surface area contributed by atoms with E-state index in [1.165, 1.54) is 44.3 Å². The second-order valence-electron chi connectivity index (χ2n) is 7.18. The van der Waals surface area contributed by atoms with Gasteiger partial charge in [-0.2, -0.15) is 0 Å². The van der Waals surface area contributed by atoms with E-state index in [2.05, 4.69) is 37.2 Å². The van der Waals surface area contributed by atoms with Gasteiger partial charge in [0.25, 0.3) is 0 Å². The van der Waals surface area contributed by atoms with Gasteiger partial charge in [-0.05, 0) is 24.1 Å². The number of hydrogen-bond donors (Lipinski definition) is 0. The molecule has 0 saturated carbocycles. The predicted octanol–water partition coefficient (Wildman–Crippen LogP) is 3.12. The summed E-state index contributed by atoms with van der Waals surface area (Å²) in [6.45, 7) is 15.5. The molecule has 0 aliphatic carbocycles. The molecule has 24 heavy (non-hydrogen) atoms. The minimum atomic E-state index is -2.46. The van der Waals surface area contributed by atoms with Crippen molar-refractivity contribution >= 4 is 17.0 Å². The van der Waals surface area contributed by atoms with Gasteiger partial charge in [0.05, 0.1) is 0 Å². The molecule has 7 heteroatoms. The van der Waals surface area contributed by atoms with Gasteiger partial charge in [-0.15, -0.1) is 0 Å². The van der Waals surface area contributed by atoms with E-state index in [0.29, 0.717) is 5.92 Å². The van der Waals surface area contributed by atoms with Crippen LogP contribution in [0.1, 0.15) is 27.7 Å². The van der Waals surface area contributed by atoms with Crippen LogP contribution < -0.4 is 0 Å². The fourth-order valence-electron chi connectivity index (χ4n) is 4.26. The lowest BCUT2D eigenvalue weighted by Gasteiger charge is -2.46. The Balaban J connectivity index is 2.51. The lowest BCUT2D eigenvalue weighted by molar-refractivity contribution is 0.111. The zero-order chi connectivity index (χ0) is 18.2. The summed E-state index contributed by atoms with van der Waals surface area (Å²) in [6, 6.07) is 5.05. The van der Waals surface area contributed by atoms with Crippen molar-refractivity contribution in [3.63, 3.8) is 0 Å². The van der Waals surface area contributed by atoms with Crippen LogP contribution in [0.2, 0.25) is 24.2 Å². The molecule has 0 aromatic heterocycles. The van der Waals surface area contributed by atoms with Gasteiger partial charge in [-0.1, -0.05) is 27.7 Å². The molecule has 0 aromatic rings. The van der Waals surface area contributed by atoms with Crippen LogP contribution in [0.5, 0.6) is 0 Å². The SMILES string of the molecule is CC[Si](CC)(CC)N1CCN(CC(C)C[Si](OC)(OC)OC)CC1. The highest BCUT2D eigenvalue weighted by molar-refractivity contribution is 6.77. The first-order valence-electron chi connectivity index (χ1n) is 9.57. The van der Waals surface area contributed by atoms with Gasteiger partial charge in [0.15, 0.2) is 0 Å².